The molecule has 2 aromatic rings. The van der Waals surface area contributed by atoms with Crippen LogP contribution in [-0.2, 0) is 22.3 Å². The van der Waals surface area contributed by atoms with Crippen LogP contribution in [0.1, 0.15) is 18.2 Å². The third kappa shape index (κ3) is 4.48. The Bertz CT molecular complexity index is 543. The Hall–Kier alpha value is -1.68. The molecule has 1 heterocycles. The predicted octanol–water partition coefficient (Wildman–Crippen LogP) is 2.93. The lowest BCUT2D eigenvalue weighted by molar-refractivity contribution is 0.326. The molecule has 1 atom stereocenters. The van der Waals surface area contributed by atoms with Gasteiger partial charge in [-0.05, 0) is 18.6 Å². The van der Waals surface area contributed by atoms with Gasteiger partial charge in [0.2, 0.25) is 5.88 Å². The van der Waals surface area contributed by atoms with Gasteiger partial charge in [-0.15, -0.1) is 0 Å². The van der Waals surface area contributed by atoms with E-state index in [1.165, 1.54) is 0 Å². The second kappa shape index (κ2) is 7.04. The molecule has 0 radical (unpaired) electrons. The Morgan fingerprint density at radius 3 is 2.58 bits per heavy atom. The van der Waals surface area contributed by atoms with Gasteiger partial charge in [-0.3, -0.25) is 4.21 Å². The van der Waals surface area contributed by atoms with Gasteiger partial charge in [0.15, 0.2) is 0 Å². The van der Waals surface area contributed by atoms with E-state index in [2.05, 4.69) is 4.98 Å². The van der Waals surface area contributed by atoms with Crippen molar-refractivity contribution in [2.45, 2.75) is 18.4 Å². The molecule has 3 nitrogen and oxygen atoms in total. The molecule has 0 spiro atoms. The Kier molecular flexibility index (Phi) is 5.10. The van der Waals surface area contributed by atoms with E-state index in [1.807, 2.05) is 55.5 Å². The number of ether oxygens (including phenoxy) is 1. The Balaban J connectivity index is 1.97. The van der Waals surface area contributed by atoms with Crippen LogP contribution in [0.2, 0.25) is 0 Å². The topological polar surface area (TPSA) is 39.2 Å². The number of hydrogen-bond donors (Lipinski definition) is 0. The van der Waals surface area contributed by atoms with Crippen molar-refractivity contribution in [2.24, 2.45) is 0 Å². The minimum atomic E-state index is -0.952. The summed E-state index contributed by atoms with van der Waals surface area (Å²) < 4.78 is 17.4. The summed E-state index contributed by atoms with van der Waals surface area (Å²) in [6, 6.07) is 15.4. The molecule has 1 aromatic carbocycles. The molecule has 0 aliphatic heterocycles. The van der Waals surface area contributed by atoms with Crippen LogP contribution in [-0.4, -0.2) is 15.8 Å². The molecule has 0 saturated carbocycles. The summed E-state index contributed by atoms with van der Waals surface area (Å²) in [5.74, 6) is 1.61. The number of benzene rings is 1. The number of aromatic nitrogens is 1. The summed E-state index contributed by atoms with van der Waals surface area (Å²) in [6.45, 7) is 2.51. The lowest BCUT2D eigenvalue weighted by Gasteiger charge is -2.05. The first-order valence-corrected chi connectivity index (χ1v) is 7.74. The first-order valence-electron chi connectivity index (χ1n) is 6.25. The lowest BCUT2D eigenvalue weighted by atomic mass is 10.2. The average Bonchev–Trinajstić information content (AvgIpc) is 2.40. The average molecular weight is 275 g/mol. The molecule has 0 fully saturated rings. The second-order valence-corrected chi connectivity index (χ2v) is 5.57. The molecule has 19 heavy (non-hydrogen) atoms. The summed E-state index contributed by atoms with van der Waals surface area (Å²) in [5.41, 5.74) is 1.89. The van der Waals surface area contributed by atoms with E-state index < -0.39 is 10.8 Å². The van der Waals surface area contributed by atoms with Gasteiger partial charge in [-0.25, -0.2) is 4.98 Å². The van der Waals surface area contributed by atoms with Gasteiger partial charge in [0.1, 0.15) is 0 Å². The molecule has 0 aliphatic carbocycles. The zero-order chi connectivity index (χ0) is 13.5. The van der Waals surface area contributed by atoms with Gasteiger partial charge in [-0.2, -0.15) is 0 Å². The fourth-order valence-corrected chi connectivity index (χ4v) is 2.90. The molecule has 0 aliphatic rings. The highest BCUT2D eigenvalue weighted by Crippen LogP contribution is 2.11. The smallest absolute Gasteiger partial charge is 0.213 e. The lowest BCUT2D eigenvalue weighted by Crippen LogP contribution is -2.02. The van der Waals surface area contributed by atoms with Crippen molar-refractivity contribution in [3.05, 3.63) is 59.8 Å². The summed E-state index contributed by atoms with van der Waals surface area (Å²) >= 11 is 0. The summed E-state index contributed by atoms with van der Waals surface area (Å²) in [7, 11) is -0.952. The molecule has 4 heteroatoms. The van der Waals surface area contributed by atoms with Crippen LogP contribution in [0.25, 0.3) is 0 Å². The van der Waals surface area contributed by atoms with E-state index >= 15 is 0 Å². The normalized spacial score (nSPS) is 12.1. The first-order chi connectivity index (χ1) is 9.28. The molecule has 100 valence electrons. The van der Waals surface area contributed by atoms with Crippen molar-refractivity contribution in [1.82, 2.24) is 4.98 Å². The Morgan fingerprint density at radius 1 is 1.05 bits per heavy atom. The van der Waals surface area contributed by atoms with Gasteiger partial charge in [0.05, 0.1) is 18.1 Å². The molecule has 1 aromatic heterocycles. The quantitative estimate of drug-likeness (QED) is 0.813. The van der Waals surface area contributed by atoms with Crippen molar-refractivity contribution < 1.29 is 8.95 Å². The highest BCUT2D eigenvalue weighted by molar-refractivity contribution is 7.83. The van der Waals surface area contributed by atoms with Gasteiger partial charge >= 0.3 is 0 Å². The first kappa shape index (κ1) is 13.7. The van der Waals surface area contributed by atoms with Crippen LogP contribution < -0.4 is 4.74 Å². The van der Waals surface area contributed by atoms with Crippen LogP contribution in [0.3, 0.4) is 0 Å². The molecule has 0 bridgehead atoms. The van der Waals surface area contributed by atoms with Crippen LogP contribution in [0, 0.1) is 0 Å². The van der Waals surface area contributed by atoms with E-state index in [0.29, 0.717) is 24.0 Å². The predicted molar refractivity (Wildman–Crippen MR) is 77.4 cm³/mol. The summed E-state index contributed by atoms with van der Waals surface area (Å²) in [6.07, 6.45) is 0. The van der Waals surface area contributed by atoms with Gasteiger partial charge in [-0.1, -0.05) is 36.4 Å². The maximum Gasteiger partial charge on any atom is 0.213 e. The van der Waals surface area contributed by atoms with E-state index in [0.717, 1.165) is 11.3 Å². The van der Waals surface area contributed by atoms with Crippen molar-refractivity contribution >= 4 is 10.8 Å². The van der Waals surface area contributed by atoms with Crippen molar-refractivity contribution in [2.75, 3.05) is 6.61 Å². The van der Waals surface area contributed by atoms with Gasteiger partial charge in [0.25, 0.3) is 0 Å². The molecule has 0 unspecified atom stereocenters. The molecular weight excluding hydrogens is 258 g/mol. The fraction of sp³-hybridized carbons (Fsp3) is 0.267. The van der Waals surface area contributed by atoms with E-state index in [1.54, 1.807) is 0 Å². The molecular formula is C15H17NO2S. The van der Waals surface area contributed by atoms with Crippen LogP contribution >= 0.6 is 0 Å². The van der Waals surface area contributed by atoms with E-state index in [9.17, 15) is 4.21 Å². The third-order valence-electron chi connectivity index (χ3n) is 2.55. The maximum atomic E-state index is 12.1. The second-order valence-electron chi connectivity index (χ2n) is 4.11. The minimum Gasteiger partial charge on any atom is -0.478 e. The van der Waals surface area contributed by atoms with E-state index in [-0.39, 0.29) is 0 Å². The minimum absolute atomic E-state index is 0.454. The zero-order valence-electron chi connectivity index (χ0n) is 10.9. The van der Waals surface area contributed by atoms with Gasteiger partial charge in [0, 0.05) is 22.6 Å². The number of hydrogen-bond acceptors (Lipinski definition) is 3. The maximum absolute atomic E-state index is 12.1. The molecule has 0 amide bonds. The molecule has 0 N–H and O–H groups in total. The van der Waals surface area contributed by atoms with Crippen LogP contribution in [0.5, 0.6) is 5.88 Å². The zero-order valence-corrected chi connectivity index (χ0v) is 11.7. The molecule has 0 saturated heterocycles. The number of nitrogens with zero attached hydrogens (tertiary/aromatic N) is 1. The van der Waals surface area contributed by atoms with E-state index in [4.69, 9.17) is 4.74 Å². The van der Waals surface area contributed by atoms with Gasteiger partial charge < -0.3 is 4.74 Å². The Labute approximate surface area is 116 Å². The highest BCUT2D eigenvalue weighted by Gasteiger charge is 2.05. The fourth-order valence-electron chi connectivity index (χ4n) is 1.74. The highest BCUT2D eigenvalue weighted by atomic mass is 32.2. The number of pyridine rings is 1. The number of rotatable bonds is 6. The van der Waals surface area contributed by atoms with Crippen molar-refractivity contribution in [3.63, 3.8) is 0 Å². The standard InChI is InChI=1S/C15H17NO2S/c1-2-18-15-10-6-9-14(16-15)12-19(17)11-13-7-4-3-5-8-13/h3-10H,2,11-12H2,1H3/t19-/m0/s1. The Morgan fingerprint density at radius 2 is 1.84 bits per heavy atom. The monoisotopic (exact) mass is 275 g/mol. The van der Waals surface area contributed by atoms with Crippen molar-refractivity contribution in [3.8, 4) is 5.88 Å². The largest absolute Gasteiger partial charge is 0.478 e. The van der Waals surface area contributed by atoms with Crippen LogP contribution in [0.15, 0.2) is 48.5 Å². The van der Waals surface area contributed by atoms with Crippen molar-refractivity contribution in [1.29, 1.82) is 0 Å². The summed E-state index contributed by atoms with van der Waals surface area (Å²) in [4.78, 5) is 4.33. The third-order valence-corrected chi connectivity index (χ3v) is 3.83. The molecule has 2 rings (SSSR count). The summed E-state index contributed by atoms with van der Waals surface area (Å²) in [5, 5.41) is 0. The SMILES string of the molecule is CCOc1cccc(C[S@@](=O)Cc2ccccc2)n1. The van der Waals surface area contributed by atoms with Crippen LogP contribution in [0.4, 0.5) is 0 Å².